The number of nitrogens with zero attached hydrogens (tertiary/aromatic N) is 2. The molecule has 0 spiro atoms. The molecule has 0 bridgehead atoms. The van der Waals surface area contributed by atoms with E-state index in [0.717, 1.165) is 52.2 Å². The number of amides is 1. The molecule has 1 saturated carbocycles. The minimum Gasteiger partial charge on any atom is -0.383 e. The highest BCUT2D eigenvalue weighted by molar-refractivity contribution is 5.81. The van der Waals surface area contributed by atoms with Crippen LogP contribution in [0, 0.1) is 5.92 Å². The maximum Gasteiger partial charge on any atom is 0.239 e. The van der Waals surface area contributed by atoms with Crippen molar-refractivity contribution in [1.82, 2.24) is 9.80 Å². The number of carbonyl (C=O) groups excluding carboxylic acids is 1. The Kier molecular flexibility index (Phi) is 7.63. The number of ether oxygens (including phenoxy) is 1. The fourth-order valence-corrected chi connectivity index (χ4v) is 3.75. The summed E-state index contributed by atoms with van der Waals surface area (Å²) in [7, 11) is 1.73. The monoisotopic (exact) mass is 311 g/mol. The largest absolute Gasteiger partial charge is 0.383 e. The van der Waals surface area contributed by atoms with Crippen LogP contribution in [0.5, 0.6) is 0 Å². The van der Waals surface area contributed by atoms with Crippen molar-refractivity contribution in [2.75, 3.05) is 46.4 Å². The van der Waals surface area contributed by atoms with Crippen LogP contribution in [0.2, 0.25) is 0 Å². The average Bonchev–Trinajstić information content (AvgIpc) is 2.78. The molecule has 0 aromatic carbocycles. The molecule has 5 nitrogen and oxygen atoms in total. The fraction of sp³-hybridized carbons (Fsp3) is 0.941. The molecular weight excluding hydrogens is 278 g/mol. The molecule has 1 saturated heterocycles. The predicted octanol–water partition coefficient (Wildman–Crippen LogP) is 1.46. The standard InChI is InChI=1S/C17H33N3O2/c1-22-13-12-19-8-5-9-20(11-10-19)17(21)16(18)14-15-6-3-2-4-7-15/h15-16H,2-14,18H2,1H3. The summed E-state index contributed by atoms with van der Waals surface area (Å²) in [5, 5.41) is 0. The maximum absolute atomic E-state index is 12.6. The Labute approximate surface area is 135 Å². The van der Waals surface area contributed by atoms with Crippen LogP contribution in [0.3, 0.4) is 0 Å². The highest BCUT2D eigenvalue weighted by Gasteiger charge is 2.26. The molecule has 5 heteroatoms. The first-order valence-electron chi connectivity index (χ1n) is 8.96. The second-order valence-corrected chi connectivity index (χ2v) is 6.86. The molecule has 128 valence electrons. The SMILES string of the molecule is COCCN1CCCN(C(=O)C(N)CC2CCCCC2)CC1. The Morgan fingerprint density at radius 2 is 1.91 bits per heavy atom. The molecule has 22 heavy (non-hydrogen) atoms. The summed E-state index contributed by atoms with van der Waals surface area (Å²) >= 11 is 0. The Morgan fingerprint density at radius 3 is 2.64 bits per heavy atom. The number of rotatable bonds is 6. The lowest BCUT2D eigenvalue weighted by Gasteiger charge is -2.28. The third-order valence-electron chi connectivity index (χ3n) is 5.14. The molecule has 1 aliphatic carbocycles. The Morgan fingerprint density at radius 1 is 1.14 bits per heavy atom. The zero-order chi connectivity index (χ0) is 15.8. The lowest BCUT2D eigenvalue weighted by atomic mass is 9.85. The zero-order valence-corrected chi connectivity index (χ0v) is 14.1. The summed E-state index contributed by atoms with van der Waals surface area (Å²) < 4.78 is 5.14. The van der Waals surface area contributed by atoms with Crippen molar-refractivity contribution in [1.29, 1.82) is 0 Å². The van der Waals surface area contributed by atoms with E-state index in [9.17, 15) is 4.79 Å². The average molecular weight is 311 g/mol. The van der Waals surface area contributed by atoms with Gasteiger partial charge >= 0.3 is 0 Å². The predicted molar refractivity (Wildman–Crippen MR) is 88.7 cm³/mol. The van der Waals surface area contributed by atoms with Crippen LogP contribution < -0.4 is 5.73 Å². The first kappa shape index (κ1) is 17.7. The van der Waals surface area contributed by atoms with Crippen LogP contribution in [0.4, 0.5) is 0 Å². The van der Waals surface area contributed by atoms with Gasteiger partial charge in [0.15, 0.2) is 0 Å². The second kappa shape index (κ2) is 9.48. The van der Waals surface area contributed by atoms with Gasteiger partial charge in [0.05, 0.1) is 12.6 Å². The third-order valence-corrected chi connectivity index (χ3v) is 5.14. The van der Waals surface area contributed by atoms with Gasteiger partial charge in [-0.05, 0) is 25.3 Å². The molecule has 2 aliphatic rings. The topological polar surface area (TPSA) is 58.8 Å². The van der Waals surface area contributed by atoms with Gasteiger partial charge in [-0.1, -0.05) is 32.1 Å². The second-order valence-electron chi connectivity index (χ2n) is 6.86. The van der Waals surface area contributed by atoms with E-state index in [1.54, 1.807) is 7.11 Å². The van der Waals surface area contributed by atoms with Crippen LogP contribution in [-0.2, 0) is 9.53 Å². The Hall–Kier alpha value is -0.650. The highest BCUT2D eigenvalue weighted by atomic mass is 16.5. The minimum absolute atomic E-state index is 0.166. The lowest BCUT2D eigenvalue weighted by molar-refractivity contribution is -0.133. The number of nitrogens with two attached hydrogens (primary N) is 1. The molecule has 0 aromatic rings. The van der Waals surface area contributed by atoms with Gasteiger partial charge in [0, 0.05) is 33.3 Å². The van der Waals surface area contributed by atoms with E-state index in [0.29, 0.717) is 5.92 Å². The van der Waals surface area contributed by atoms with Crippen molar-refractivity contribution < 1.29 is 9.53 Å². The summed E-state index contributed by atoms with van der Waals surface area (Å²) in [6, 6.07) is -0.298. The van der Waals surface area contributed by atoms with E-state index < -0.39 is 0 Å². The van der Waals surface area contributed by atoms with E-state index in [4.69, 9.17) is 10.5 Å². The number of hydrogen-bond acceptors (Lipinski definition) is 4. The van der Waals surface area contributed by atoms with E-state index in [-0.39, 0.29) is 11.9 Å². The smallest absolute Gasteiger partial charge is 0.239 e. The van der Waals surface area contributed by atoms with Gasteiger partial charge in [0.1, 0.15) is 0 Å². The van der Waals surface area contributed by atoms with Crippen LogP contribution in [0.15, 0.2) is 0 Å². The van der Waals surface area contributed by atoms with Gasteiger partial charge in [-0.3, -0.25) is 9.69 Å². The summed E-state index contributed by atoms with van der Waals surface area (Å²) in [5.41, 5.74) is 6.22. The van der Waals surface area contributed by atoms with Gasteiger partial charge < -0.3 is 15.4 Å². The third kappa shape index (κ3) is 5.52. The molecule has 2 fully saturated rings. The molecule has 1 unspecified atom stereocenters. The fourth-order valence-electron chi connectivity index (χ4n) is 3.75. The molecule has 0 aromatic heterocycles. The van der Waals surface area contributed by atoms with Crippen LogP contribution in [0.25, 0.3) is 0 Å². The van der Waals surface area contributed by atoms with Gasteiger partial charge in [0.2, 0.25) is 5.91 Å². The van der Waals surface area contributed by atoms with E-state index in [1.807, 2.05) is 4.90 Å². The normalized spacial score (nSPS) is 23.3. The Bertz CT molecular complexity index is 332. The van der Waals surface area contributed by atoms with Gasteiger partial charge in [-0.2, -0.15) is 0 Å². The molecular formula is C17H33N3O2. The molecule has 0 radical (unpaired) electrons. The van der Waals surface area contributed by atoms with E-state index >= 15 is 0 Å². The van der Waals surface area contributed by atoms with Crippen molar-refractivity contribution in [3.63, 3.8) is 0 Å². The summed E-state index contributed by atoms with van der Waals surface area (Å²) in [6.07, 6.45) is 8.39. The quantitative estimate of drug-likeness (QED) is 0.807. The lowest BCUT2D eigenvalue weighted by Crippen LogP contribution is -2.46. The van der Waals surface area contributed by atoms with E-state index in [2.05, 4.69) is 4.90 Å². The van der Waals surface area contributed by atoms with Crippen molar-refractivity contribution >= 4 is 5.91 Å². The van der Waals surface area contributed by atoms with Crippen molar-refractivity contribution in [3.05, 3.63) is 0 Å². The summed E-state index contributed by atoms with van der Waals surface area (Å²) in [4.78, 5) is 17.0. The van der Waals surface area contributed by atoms with Crippen molar-refractivity contribution in [3.8, 4) is 0 Å². The summed E-state index contributed by atoms with van der Waals surface area (Å²) in [6.45, 7) is 5.35. The van der Waals surface area contributed by atoms with E-state index in [1.165, 1.54) is 32.1 Å². The van der Waals surface area contributed by atoms with Gasteiger partial charge in [0.25, 0.3) is 0 Å². The van der Waals surface area contributed by atoms with Crippen LogP contribution >= 0.6 is 0 Å². The molecule has 2 rings (SSSR count). The molecule has 1 heterocycles. The molecule has 1 atom stereocenters. The zero-order valence-electron chi connectivity index (χ0n) is 14.1. The van der Waals surface area contributed by atoms with Crippen LogP contribution in [-0.4, -0.2) is 68.2 Å². The summed E-state index contributed by atoms with van der Waals surface area (Å²) in [5.74, 6) is 0.831. The van der Waals surface area contributed by atoms with Crippen molar-refractivity contribution in [2.24, 2.45) is 11.7 Å². The van der Waals surface area contributed by atoms with Gasteiger partial charge in [-0.15, -0.1) is 0 Å². The first-order valence-corrected chi connectivity index (χ1v) is 8.96. The number of carbonyl (C=O) groups is 1. The number of hydrogen-bond donors (Lipinski definition) is 1. The number of methoxy groups -OCH3 is 1. The molecule has 1 aliphatic heterocycles. The minimum atomic E-state index is -0.298. The first-order chi connectivity index (χ1) is 10.7. The Balaban J connectivity index is 1.76. The van der Waals surface area contributed by atoms with Crippen molar-refractivity contribution in [2.45, 2.75) is 51.0 Å². The maximum atomic E-state index is 12.6. The molecule has 1 amide bonds. The van der Waals surface area contributed by atoms with Crippen LogP contribution in [0.1, 0.15) is 44.9 Å². The molecule has 2 N–H and O–H groups in total. The highest BCUT2D eigenvalue weighted by Crippen LogP contribution is 2.27. The van der Waals surface area contributed by atoms with Gasteiger partial charge in [-0.25, -0.2) is 0 Å².